The van der Waals surface area contributed by atoms with E-state index in [2.05, 4.69) is 47.9 Å². The molecule has 10 amide bonds. The van der Waals surface area contributed by atoms with Gasteiger partial charge in [-0.1, -0.05) is 0 Å². The number of likely N-dealkylation sites (tertiary alicyclic amines) is 1. The number of carboxylic acid groups (broad SMARTS) is 1. The van der Waals surface area contributed by atoms with E-state index in [-0.39, 0.29) is 38.1 Å². The fourth-order valence-corrected chi connectivity index (χ4v) is 5.05. The molecule has 4 unspecified atom stereocenters. The number of carboxylic acids is 1. The maximum absolute atomic E-state index is 12.6. The van der Waals surface area contributed by atoms with Crippen molar-refractivity contribution in [2.24, 2.45) is 5.73 Å². The minimum atomic E-state index is -1.32. The predicted molar refractivity (Wildman–Crippen MR) is 180 cm³/mol. The van der Waals surface area contributed by atoms with Gasteiger partial charge in [-0.05, 0) is 26.2 Å². The topological polar surface area (TPSA) is 363 Å². The van der Waals surface area contributed by atoms with Gasteiger partial charge in [-0.15, -0.1) is 0 Å². The van der Waals surface area contributed by atoms with Gasteiger partial charge in [-0.3, -0.25) is 62.9 Å². The lowest BCUT2D eigenvalue weighted by Crippen LogP contribution is -2.53. The minimum absolute atomic E-state index is 0.0245. The number of nitrogens with zero attached hydrogens (tertiary/aromatic N) is 1. The van der Waals surface area contributed by atoms with Crippen LogP contribution in [-0.4, -0.2) is 157 Å². The fourth-order valence-electron chi connectivity index (χ4n) is 5.05. The van der Waals surface area contributed by atoms with E-state index in [1.165, 1.54) is 11.8 Å². The summed E-state index contributed by atoms with van der Waals surface area (Å²) in [4.78, 5) is 145. The highest BCUT2D eigenvalue weighted by Gasteiger charge is 2.34. The first-order chi connectivity index (χ1) is 25.5. The van der Waals surface area contributed by atoms with E-state index in [9.17, 15) is 57.5 Å². The van der Waals surface area contributed by atoms with Gasteiger partial charge < -0.3 is 58.3 Å². The lowest BCUT2D eigenvalue weighted by molar-refractivity contribution is -0.141. The quantitative estimate of drug-likeness (QED) is 0.0517. The highest BCUT2D eigenvalue weighted by atomic mass is 16.4. The van der Waals surface area contributed by atoms with Crippen molar-refractivity contribution in [2.45, 2.75) is 63.2 Å². The van der Waals surface area contributed by atoms with Crippen LogP contribution in [0.4, 0.5) is 0 Å². The molecule has 0 radical (unpaired) electrons. The highest BCUT2D eigenvalue weighted by Crippen LogP contribution is 2.17. The van der Waals surface area contributed by atoms with Gasteiger partial charge in [0.2, 0.25) is 59.1 Å². The van der Waals surface area contributed by atoms with Crippen LogP contribution in [0.1, 0.15) is 39.0 Å². The number of hydrogen-bond acceptors (Lipinski definition) is 13. The van der Waals surface area contributed by atoms with Crippen molar-refractivity contribution in [1.29, 1.82) is 0 Å². The fraction of sp³-hybridized carbons (Fsp3) is 0.600. The summed E-state index contributed by atoms with van der Waals surface area (Å²) in [5.41, 5.74) is 5.13. The summed E-state index contributed by atoms with van der Waals surface area (Å²) >= 11 is 0. The second-order valence-electron chi connectivity index (χ2n) is 12.2. The van der Waals surface area contributed by atoms with E-state index in [1.807, 2.05) is 0 Å². The van der Waals surface area contributed by atoms with Crippen molar-refractivity contribution in [3.63, 3.8) is 0 Å². The van der Waals surface area contributed by atoms with Crippen LogP contribution in [0.25, 0.3) is 0 Å². The number of rotatable bonds is 21. The Labute approximate surface area is 307 Å². The second kappa shape index (κ2) is 22.0. The van der Waals surface area contributed by atoms with Gasteiger partial charge in [0.1, 0.15) is 30.5 Å². The molecule has 12 N–H and O–H groups in total. The molecule has 0 aromatic rings. The summed E-state index contributed by atoms with van der Waals surface area (Å²) in [5, 5.41) is 29.5. The summed E-state index contributed by atoms with van der Waals surface area (Å²) < 4.78 is 0. The molecule has 298 valence electrons. The predicted octanol–water partition coefficient (Wildman–Crippen LogP) is -8.05. The van der Waals surface area contributed by atoms with Crippen LogP contribution >= 0.6 is 0 Å². The van der Waals surface area contributed by atoms with Crippen LogP contribution in [-0.2, 0) is 57.5 Å². The molecule has 0 aromatic carbocycles. The van der Waals surface area contributed by atoms with Gasteiger partial charge in [-0.25, -0.2) is 0 Å². The van der Waals surface area contributed by atoms with Crippen LogP contribution in [0.15, 0.2) is 0 Å². The third-order valence-electron chi connectivity index (χ3n) is 7.84. The summed E-state index contributed by atoms with van der Waals surface area (Å²) in [6, 6.07) is -4.14. The van der Waals surface area contributed by atoms with Crippen molar-refractivity contribution in [3.8, 4) is 0 Å². The molecule has 0 aromatic heterocycles. The van der Waals surface area contributed by atoms with Gasteiger partial charge in [0.25, 0.3) is 0 Å². The average Bonchev–Trinajstić information content (AvgIpc) is 3.80. The maximum atomic E-state index is 12.6. The number of hydrogen-bond donors (Lipinski definition) is 11. The zero-order valence-corrected chi connectivity index (χ0v) is 29.4. The number of Topliss-reactive ketones (excluding diaryl/α,β-unsaturated/α-hetero) is 1. The van der Waals surface area contributed by atoms with E-state index in [1.54, 1.807) is 0 Å². The molecular formula is C30H45N11O13. The monoisotopic (exact) mass is 767 g/mol. The SMILES string of the molecule is CC(NC(=O)CNC(=O)CNC(=O)CNC(=O)C(CCC(N)=O)NC(=O)CNC(=O)C1CC(=O)CN1)C(=O)NCC(=O)N1CCCC1C(=O)NCC(=O)O. The number of carbonyl (C=O) groups excluding carboxylic acids is 11. The zero-order chi connectivity index (χ0) is 40.4. The zero-order valence-electron chi connectivity index (χ0n) is 29.4. The van der Waals surface area contributed by atoms with Crippen LogP contribution in [0, 0.1) is 0 Å². The maximum Gasteiger partial charge on any atom is 0.322 e. The van der Waals surface area contributed by atoms with Gasteiger partial charge in [0, 0.05) is 19.4 Å². The van der Waals surface area contributed by atoms with E-state index in [0.717, 1.165) is 0 Å². The molecular weight excluding hydrogens is 722 g/mol. The first-order valence-corrected chi connectivity index (χ1v) is 16.7. The van der Waals surface area contributed by atoms with Gasteiger partial charge >= 0.3 is 5.97 Å². The van der Waals surface area contributed by atoms with Crippen LogP contribution < -0.4 is 53.6 Å². The van der Waals surface area contributed by atoms with Crippen molar-refractivity contribution in [3.05, 3.63) is 0 Å². The van der Waals surface area contributed by atoms with E-state index in [4.69, 9.17) is 10.8 Å². The Bertz CT molecular complexity index is 1500. The third-order valence-corrected chi connectivity index (χ3v) is 7.84. The summed E-state index contributed by atoms with van der Waals surface area (Å²) in [6.07, 6.45) is 0.247. The molecule has 2 rings (SSSR count). The third kappa shape index (κ3) is 16.0. The van der Waals surface area contributed by atoms with E-state index in [0.29, 0.717) is 12.8 Å². The van der Waals surface area contributed by atoms with Crippen LogP contribution in [0.5, 0.6) is 0 Å². The molecule has 2 saturated heterocycles. The first-order valence-electron chi connectivity index (χ1n) is 16.7. The smallest absolute Gasteiger partial charge is 0.322 e. The molecule has 0 bridgehead atoms. The number of primary amides is 1. The molecule has 24 nitrogen and oxygen atoms in total. The Morgan fingerprint density at radius 2 is 1.33 bits per heavy atom. The Morgan fingerprint density at radius 1 is 0.759 bits per heavy atom. The molecule has 4 atom stereocenters. The number of carbonyl (C=O) groups is 12. The number of nitrogens with one attached hydrogen (secondary N) is 9. The van der Waals surface area contributed by atoms with Crippen molar-refractivity contribution < 1.29 is 62.6 Å². The molecule has 2 aliphatic heterocycles. The lowest BCUT2D eigenvalue weighted by atomic mass is 10.1. The first kappa shape index (κ1) is 44.0. The largest absolute Gasteiger partial charge is 0.480 e. The molecule has 54 heavy (non-hydrogen) atoms. The van der Waals surface area contributed by atoms with Crippen molar-refractivity contribution in [1.82, 2.24) is 52.8 Å². The molecule has 0 aliphatic carbocycles. The normalized spacial score (nSPS) is 17.2. The summed E-state index contributed by atoms with van der Waals surface area (Å²) in [5.74, 6) is -8.88. The number of amides is 10. The van der Waals surface area contributed by atoms with Crippen LogP contribution in [0.3, 0.4) is 0 Å². The van der Waals surface area contributed by atoms with Crippen molar-refractivity contribution in [2.75, 3.05) is 52.4 Å². The molecule has 24 heteroatoms. The van der Waals surface area contributed by atoms with E-state index >= 15 is 0 Å². The minimum Gasteiger partial charge on any atom is -0.480 e. The van der Waals surface area contributed by atoms with Gasteiger partial charge in [0.05, 0.1) is 45.3 Å². The van der Waals surface area contributed by atoms with Gasteiger partial charge in [0.15, 0.2) is 0 Å². The molecule has 0 spiro atoms. The number of nitrogens with two attached hydrogens (primary N) is 1. The molecule has 2 aliphatic rings. The molecule has 0 saturated carbocycles. The number of aliphatic carboxylic acids is 1. The Hall–Kier alpha value is -6.20. The van der Waals surface area contributed by atoms with Crippen molar-refractivity contribution >= 4 is 70.8 Å². The summed E-state index contributed by atoms with van der Waals surface area (Å²) in [7, 11) is 0. The standard InChI is InChI=1S/C30H45N11O13/c1-15(27(51)37-13-25(48)41-6-2-3-19(41)30(54)38-14-26(49)50)39-23(46)11-34-21(44)9-33-22(45)10-35-28(52)17(4-5-20(31)43)40-24(47)12-36-29(53)18-7-16(42)8-32-18/h15,17-19,32H,2-14H2,1H3,(H2,31,43)(H,33,45)(H,34,44)(H,35,52)(H,36,53)(H,37,51)(H,38,54)(H,39,46)(H,40,47)(H,49,50). The Kier molecular flexibility index (Phi) is 17.9. The molecule has 2 fully saturated rings. The number of ketones is 1. The Morgan fingerprint density at radius 3 is 1.94 bits per heavy atom. The lowest BCUT2D eigenvalue weighted by Gasteiger charge is -2.24. The highest BCUT2D eigenvalue weighted by molar-refractivity contribution is 5.97. The molecule has 2 heterocycles. The van der Waals surface area contributed by atoms with Crippen LogP contribution in [0.2, 0.25) is 0 Å². The average molecular weight is 768 g/mol. The Balaban J connectivity index is 1.68. The summed E-state index contributed by atoms with van der Waals surface area (Å²) in [6.45, 7) is -1.95. The van der Waals surface area contributed by atoms with E-state index < -0.39 is 128 Å². The second-order valence-corrected chi connectivity index (χ2v) is 12.2. The van der Waals surface area contributed by atoms with Gasteiger partial charge in [-0.2, -0.15) is 0 Å².